The van der Waals surface area contributed by atoms with Gasteiger partial charge in [0.2, 0.25) is 0 Å². The van der Waals surface area contributed by atoms with Gasteiger partial charge in [-0.05, 0) is 61.9 Å². The second kappa shape index (κ2) is 10.4. The molecule has 158 valence electrons. The zero-order chi connectivity index (χ0) is 21.0. The first kappa shape index (κ1) is 22.7. The highest BCUT2D eigenvalue weighted by atomic mass is 35.5. The van der Waals surface area contributed by atoms with E-state index in [4.69, 9.17) is 39.5 Å². The van der Waals surface area contributed by atoms with Crippen LogP contribution in [0.5, 0.6) is 0 Å². The van der Waals surface area contributed by atoms with Gasteiger partial charge in [0.15, 0.2) is 0 Å². The van der Waals surface area contributed by atoms with Crippen LogP contribution in [-0.2, 0) is 11.2 Å². The summed E-state index contributed by atoms with van der Waals surface area (Å²) in [6.45, 7) is 0.608. The van der Waals surface area contributed by atoms with Crippen LogP contribution in [0.25, 0.3) is 0 Å². The van der Waals surface area contributed by atoms with Gasteiger partial charge in [0.05, 0.1) is 13.2 Å². The Kier molecular flexibility index (Phi) is 8.11. The van der Waals surface area contributed by atoms with Crippen molar-refractivity contribution in [2.45, 2.75) is 37.2 Å². The van der Waals surface area contributed by atoms with Crippen LogP contribution in [-0.4, -0.2) is 36.2 Å². The van der Waals surface area contributed by atoms with Gasteiger partial charge in [-0.1, -0.05) is 23.2 Å². The summed E-state index contributed by atoms with van der Waals surface area (Å²) in [5.74, 6) is -0.0219. The highest BCUT2D eigenvalue weighted by Gasteiger charge is 2.40. The van der Waals surface area contributed by atoms with Crippen molar-refractivity contribution in [3.05, 3.63) is 50.1 Å². The average molecular weight is 477 g/mol. The van der Waals surface area contributed by atoms with Crippen LogP contribution in [0.2, 0.25) is 10.0 Å². The predicted molar refractivity (Wildman–Crippen MR) is 121 cm³/mol. The number of aliphatic hydroxyl groups excluding tert-OH is 1. The minimum Gasteiger partial charge on any atom is -0.465 e. The van der Waals surface area contributed by atoms with Crippen molar-refractivity contribution >= 4 is 57.8 Å². The molecule has 1 heterocycles. The number of thiophene rings is 1. The first-order valence-electron chi connectivity index (χ1n) is 9.56. The number of carbonyl (C=O) groups is 1. The van der Waals surface area contributed by atoms with Gasteiger partial charge in [-0.25, -0.2) is 4.79 Å². The maximum Gasteiger partial charge on any atom is 0.348 e. The van der Waals surface area contributed by atoms with Gasteiger partial charge in [-0.15, -0.1) is 22.9 Å². The van der Waals surface area contributed by atoms with Crippen molar-refractivity contribution in [2.75, 3.05) is 19.0 Å². The number of aliphatic hydroxyl groups is 1. The molecular weight excluding hydrogens is 453 g/mol. The Morgan fingerprint density at radius 1 is 1.24 bits per heavy atom. The Bertz CT molecular complexity index is 824. The Morgan fingerprint density at radius 3 is 2.66 bits per heavy atom. The van der Waals surface area contributed by atoms with Crippen molar-refractivity contribution in [2.24, 2.45) is 11.8 Å². The zero-order valence-electron chi connectivity index (χ0n) is 16.0. The first-order valence-corrected chi connectivity index (χ1v) is 11.6. The van der Waals surface area contributed by atoms with Gasteiger partial charge < -0.3 is 15.2 Å². The van der Waals surface area contributed by atoms with Crippen LogP contribution in [0, 0.1) is 11.8 Å². The quantitative estimate of drug-likeness (QED) is 0.369. The molecule has 1 fully saturated rings. The highest BCUT2D eigenvalue weighted by Crippen LogP contribution is 2.39. The molecule has 0 aliphatic heterocycles. The van der Waals surface area contributed by atoms with E-state index >= 15 is 0 Å². The Morgan fingerprint density at radius 2 is 1.97 bits per heavy atom. The molecule has 8 heteroatoms. The van der Waals surface area contributed by atoms with Crippen LogP contribution in [0.3, 0.4) is 0 Å². The number of aryl methyl sites for hydroxylation is 1. The molecular formula is C21H24Cl3NO3S. The number of esters is 1. The summed E-state index contributed by atoms with van der Waals surface area (Å²) in [6.07, 6.45) is 2.90. The molecule has 0 amide bonds. The number of hydrogen-bond donors (Lipinski definition) is 2. The predicted octanol–water partition coefficient (Wildman–Crippen LogP) is 5.88. The molecule has 1 aliphatic rings. The number of anilines is 1. The standard InChI is InChI=1S/C21H24Cl3NO3S/c1-28-21(27)20-6-5-15(29-20)3-2-4-16-17(19(26)10-18(16)24)11-25-14-8-12(22)7-13(23)9-14/h5-9,16-19,25-26H,2-4,10-11H2,1H3/t16-,17-,18-,19-/m1/s1. The SMILES string of the molecule is COC(=O)c1ccc(CCC[C@@H]2[C@@H](CNc3cc(Cl)cc(Cl)c3)[C@H](O)C[C@H]2Cl)s1. The lowest BCUT2D eigenvalue weighted by Gasteiger charge is -2.24. The van der Waals surface area contributed by atoms with Gasteiger partial charge in [-0.3, -0.25) is 0 Å². The van der Waals surface area contributed by atoms with E-state index in [9.17, 15) is 9.90 Å². The molecule has 0 saturated heterocycles. The van der Waals surface area contributed by atoms with E-state index in [2.05, 4.69) is 5.32 Å². The van der Waals surface area contributed by atoms with E-state index in [0.717, 1.165) is 29.8 Å². The lowest BCUT2D eigenvalue weighted by atomic mass is 9.89. The molecule has 4 nitrogen and oxygen atoms in total. The molecule has 1 aromatic carbocycles. The topological polar surface area (TPSA) is 58.6 Å². The Hall–Kier alpha value is -0.980. The highest BCUT2D eigenvalue weighted by molar-refractivity contribution is 7.13. The molecule has 1 aromatic heterocycles. The van der Waals surface area contributed by atoms with Crippen LogP contribution < -0.4 is 5.32 Å². The van der Waals surface area contributed by atoms with Crippen molar-refractivity contribution < 1.29 is 14.6 Å². The van der Waals surface area contributed by atoms with Crippen LogP contribution >= 0.6 is 46.1 Å². The van der Waals surface area contributed by atoms with Crippen LogP contribution in [0.4, 0.5) is 5.69 Å². The molecule has 0 radical (unpaired) electrons. The molecule has 2 N–H and O–H groups in total. The monoisotopic (exact) mass is 475 g/mol. The summed E-state index contributed by atoms with van der Waals surface area (Å²) in [5, 5.41) is 14.9. The number of nitrogens with one attached hydrogen (secondary N) is 1. The minimum atomic E-state index is -0.433. The van der Waals surface area contributed by atoms with E-state index in [-0.39, 0.29) is 23.2 Å². The van der Waals surface area contributed by atoms with E-state index in [1.807, 2.05) is 18.2 Å². The number of carbonyl (C=O) groups excluding carboxylic acids is 1. The molecule has 1 aliphatic carbocycles. The van der Waals surface area contributed by atoms with Crippen LogP contribution in [0.15, 0.2) is 30.3 Å². The molecule has 0 unspecified atom stereocenters. The fourth-order valence-electron chi connectivity index (χ4n) is 3.94. The summed E-state index contributed by atoms with van der Waals surface area (Å²) in [7, 11) is 1.39. The second-order valence-corrected chi connectivity index (χ2v) is 9.94. The summed E-state index contributed by atoms with van der Waals surface area (Å²) in [5.41, 5.74) is 0.834. The van der Waals surface area contributed by atoms with Gasteiger partial charge in [0, 0.05) is 38.4 Å². The molecule has 3 rings (SSSR count). The van der Waals surface area contributed by atoms with Gasteiger partial charge >= 0.3 is 5.97 Å². The van der Waals surface area contributed by atoms with Crippen molar-refractivity contribution in [1.82, 2.24) is 0 Å². The van der Waals surface area contributed by atoms with Crippen molar-refractivity contribution in [3.8, 4) is 0 Å². The van der Waals surface area contributed by atoms with Crippen LogP contribution in [0.1, 0.15) is 33.8 Å². The van der Waals surface area contributed by atoms with Crippen molar-refractivity contribution in [3.63, 3.8) is 0 Å². The Balaban J connectivity index is 1.55. The molecule has 1 saturated carbocycles. The molecule has 0 spiro atoms. The summed E-state index contributed by atoms with van der Waals surface area (Å²) >= 11 is 20.1. The molecule has 0 bridgehead atoms. The number of alkyl halides is 1. The second-order valence-electron chi connectivity index (χ2n) is 7.34. The Labute approximate surface area is 190 Å². The van der Waals surface area contributed by atoms with E-state index in [0.29, 0.717) is 27.9 Å². The molecule has 4 atom stereocenters. The number of methoxy groups -OCH3 is 1. The van der Waals surface area contributed by atoms with Crippen molar-refractivity contribution in [1.29, 1.82) is 0 Å². The van der Waals surface area contributed by atoms with E-state index < -0.39 is 6.10 Å². The average Bonchev–Trinajstić information content (AvgIpc) is 3.23. The maximum atomic E-state index is 11.6. The number of benzene rings is 1. The third kappa shape index (κ3) is 6.02. The first-order chi connectivity index (χ1) is 13.9. The number of hydrogen-bond acceptors (Lipinski definition) is 5. The largest absolute Gasteiger partial charge is 0.465 e. The summed E-state index contributed by atoms with van der Waals surface area (Å²) in [6, 6.07) is 9.10. The molecule has 29 heavy (non-hydrogen) atoms. The number of rotatable bonds is 8. The third-order valence-corrected chi connectivity index (χ3v) is 7.45. The maximum absolute atomic E-state index is 11.6. The lowest BCUT2D eigenvalue weighted by molar-refractivity contribution is 0.0606. The summed E-state index contributed by atoms with van der Waals surface area (Å²) in [4.78, 5) is 13.4. The number of ether oxygens (including phenoxy) is 1. The zero-order valence-corrected chi connectivity index (χ0v) is 19.1. The number of halogens is 3. The fraction of sp³-hybridized carbons (Fsp3) is 0.476. The van der Waals surface area contributed by atoms with Gasteiger partial charge in [0.1, 0.15) is 4.88 Å². The van der Waals surface area contributed by atoms with Gasteiger partial charge in [-0.2, -0.15) is 0 Å². The summed E-state index contributed by atoms with van der Waals surface area (Å²) < 4.78 is 4.76. The lowest BCUT2D eigenvalue weighted by Crippen LogP contribution is -2.28. The van der Waals surface area contributed by atoms with E-state index in [1.54, 1.807) is 12.1 Å². The fourth-order valence-corrected chi connectivity index (χ4v) is 5.93. The third-order valence-electron chi connectivity index (χ3n) is 5.39. The molecule has 2 aromatic rings. The van der Waals surface area contributed by atoms with Gasteiger partial charge in [0.25, 0.3) is 0 Å². The normalized spacial score (nSPS) is 23.9. The van der Waals surface area contributed by atoms with E-state index in [1.165, 1.54) is 18.4 Å². The minimum absolute atomic E-state index is 0.0475. The smallest absolute Gasteiger partial charge is 0.348 e.